The molecule has 1 aromatic carbocycles. The summed E-state index contributed by atoms with van der Waals surface area (Å²) >= 11 is 0. The zero-order valence-electron chi connectivity index (χ0n) is 15.5. The van der Waals surface area contributed by atoms with Crippen LogP contribution in [-0.2, 0) is 12.0 Å². The average Bonchev–Trinajstić information content (AvgIpc) is 2.62. The quantitative estimate of drug-likeness (QED) is 0.384. The molecule has 2 aromatic rings. The maximum Gasteiger partial charge on any atom is 0.213 e. The normalized spacial score (nSPS) is 11.5. The van der Waals surface area contributed by atoms with Gasteiger partial charge in [-0.05, 0) is 23.8 Å². The Morgan fingerprint density at radius 2 is 1.92 bits per heavy atom. The fraction of sp³-hybridized carbons (Fsp3) is 0.368. The van der Waals surface area contributed by atoms with E-state index in [0.717, 1.165) is 11.3 Å². The Hall–Kier alpha value is -1.90. The highest BCUT2D eigenvalue weighted by Crippen LogP contribution is 2.22. The number of benzene rings is 1. The Labute approximate surface area is 171 Å². The minimum Gasteiger partial charge on any atom is -0.481 e. The van der Waals surface area contributed by atoms with Crippen LogP contribution in [0.3, 0.4) is 0 Å². The average molecular weight is 472 g/mol. The van der Waals surface area contributed by atoms with Crippen molar-refractivity contribution in [1.82, 2.24) is 15.6 Å². The minimum absolute atomic E-state index is 0. The van der Waals surface area contributed by atoms with E-state index in [1.54, 1.807) is 32.4 Å². The van der Waals surface area contributed by atoms with Gasteiger partial charge in [0.1, 0.15) is 5.82 Å². The molecule has 5 nitrogen and oxygen atoms in total. The molecule has 0 aliphatic heterocycles. The van der Waals surface area contributed by atoms with Crippen molar-refractivity contribution in [2.24, 2.45) is 4.99 Å². The second kappa shape index (κ2) is 10.3. The second-order valence-electron chi connectivity index (χ2n) is 6.34. The Bertz CT molecular complexity index is 737. The van der Waals surface area contributed by atoms with Gasteiger partial charge >= 0.3 is 0 Å². The molecule has 1 aromatic heterocycles. The SMILES string of the molecule is CN=C(NCc1cccc(OC)n1)NCC(C)(C)c1cccc(F)c1.I. The Morgan fingerprint density at radius 1 is 1.19 bits per heavy atom. The molecule has 0 bridgehead atoms. The molecule has 0 saturated heterocycles. The molecule has 0 atom stereocenters. The Balaban J connectivity index is 0.00000338. The molecule has 26 heavy (non-hydrogen) atoms. The predicted octanol–water partition coefficient (Wildman–Crippen LogP) is 3.49. The summed E-state index contributed by atoms with van der Waals surface area (Å²) in [6.45, 7) is 5.26. The highest BCUT2D eigenvalue weighted by Gasteiger charge is 2.21. The van der Waals surface area contributed by atoms with Crippen LogP contribution >= 0.6 is 24.0 Å². The Morgan fingerprint density at radius 3 is 2.58 bits per heavy atom. The van der Waals surface area contributed by atoms with E-state index in [1.807, 2.05) is 18.2 Å². The molecule has 2 N–H and O–H groups in total. The molecule has 0 spiro atoms. The topological polar surface area (TPSA) is 58.5 Å². The van der Waals surface area contributed by atoms with E-state index in [0.29, 0.717) is 24.9 Å². The van der Waals surface area contributed by atoms with Gasteiger partial charge in [0.15, 0.2) is 5.96 Å². The second-order valence-corrected chi connectivity index (χ2v) is 6.34. The number of aliphatic imine (C=N–C) groups is 1. The van der Waals surface area contributed by atoms with Gasteiger partial charge in [-0.15, -0.1) is 24.0 Å². The summed E-state index contributed by atoms with van der Waals surface area (Å²) in [6.07, 6.45) is 0. The molecule has 0 saturated carbocycles. The molecule has 0 fully saturated rings. The van der Waals surface area contributed by atoms with Crippen molar-refractivity contribution in [3.05, 3.63) is 59.5 Å². The van der Waals surface area contributed by atoms with Crippen molar-refractivity contribution in [3.63, 3.8) is 0 Å². The molecule has 1 heterocycles. The third-order valence-corrected chi connectivity index (χ3v) is 3.95. The van der Waals surface area contributed by atoms with E-state index >= 15 is 0 Å². The molecule has 0 unspecified atom stereocenters. The van der Waals surface area contributed by atoms with Crippen molar-refractivity contribution >= 4 is 29.9 Å². The maximum atomic E-state index is 13.5. The fourth-order valence-electron chi connectivity index (χ4n) is 2.38. The summed E-state index contributed by atoms with van der Waals surface area (Å²) in [5.74, 6) is 1.01. The standard InChI is InChI=1S/C19H25FN4O.HI/c1-19(2,14-7-5-8-15(20)11-14)13-23-18(21-3)22-12-16-9-6-10-17(24-16)25-4;/h5-11H,12-13H2,1-4H3,(H2,21,22,23);1H. The lowest BCUT2D eigenvalue weighted by Crippen LogP contribution is -2.43. The number of rotatable bonds is 6. The van der Waals surface area contributed by atoms with Gasteiger partial charge in [0.2, 0.25) is 5.88 Å². The van der Waals surface area contributed by atoms with Crippen LogP contribution in [0, 0.1) is 5.82 Å². The molecule has 0 amide bonds. The van der Waals surface area contributed by atoms with E-state index in [4.69, 9.17) is 4.74 Å². The predicted molar refractivity (Wildman–Crippen MR) is 114 cm³/mol. The molecule has 142 valence electrons. The summed E-state index contributed by atoms with van der Waals surface area (Å²) in [4.78, 5) is 8.58. The molecule has 0 aliphatic carbocycles. The monoisotopic (exact) mass is 472 g/mol. The van der Waals surface area contributed by atoms with Crippen LogP contribution in [0.5, 0.6) is 5.88 Å². The van der Waals surface area contributed by atoms with Gasteiger partial charge < -0.3 is 15.4 Å². The van der Waals surface area contributed by atoms with Gasteiger partial charge in [-0.2, -0.15) is 0 Å². The zero-order chi connectivity index (χ0) is 18.3. The van der Waals surface area contributed by atoms with E-state index in [2.05, 4.69) is 34.5 Å². The third kappa shape index (κ3) is 6.44. The van der Waals surface area contributed by atoms with Gasteiger partial charge in [-0.25, -0.2) is 9.37 Å². The number of hydrogen-bond donors (Lipinski definition) is 2. The van der Waals surface area contributed by atoms with Crippen LogP contribution < -0.4 is 15.4 Å². The van der Waals surface area contributed by atoms with E-state index in [1.165, 1.54) is 6.07 Å². The van der Waals surface area contributed by atoms with Crippen LogP contribution in [0.2, 0.25) is 0 Å². The number of methoxy groups -OCH3 is 1. The summed E-state index contributed by atoms with van der Waals surface area (Å²) in [6, 6.07) is 12.3. The molecule has 0 aliphatic rings. The first kappa shape index (κ1) is 22.1. The van der Waals surface area contributed by atoms with Crippen LogP contribution in [-0.4, -0.2) is 31.6 Å². The number of guanidine groups is 1. The zero-order valence-corrected chi connectivity index (χ0v) is 17.9. The molecule has 0 radical (unpaired) electrons. The van der Waals surface area contributed by atoms with Gasteiger partial charge in [0.25, 0.3) is 0 Å². The molecular formula is C19H26FIN4O. The number of nitrogens with one attached hydrogen (secondary N) is 2. The van der Waals surface area contributed by atoms with Crippen LogP contribution in [0.15, 0.2) is 47.5 Å². The summed E-state index contributed by atoms with van der Waals surface area (Å²) < 4.78 is 18.6. The largest absolute Gasteiger partial charge is 0.481 e. The summed E-state index contributed by atoms with van der Waals surface area (Å²) in [5, 5.41) is 6.50. The lowest BCUT2D eigenvalue weighted by Gasteiger charge is -2.26. The van der Waals surface area contributed by atoms with Crippen molar-refractivity contribution in [2.45, 2.75) is 25.8 Å². The van der Waals surface area contributed by atoms with Crippen molar-refractivity contribution in [1.29, 1.82) is 0 Å². The lowest BCUT2D eigenvalue weighted by atomic mass is 9.84. The highest BCUT2D eigenvalue weighted by atomic mass is 127. The van der Waals surface area contributed by atoms with Crippen LogP contribution in [0.1, 0.15) is 25.1 Å². The molecule has 7 heteroatoms. The van der Waals surface area contributed by atoms with Gasteiger partial charge in [-0.3, -0.25) is 4.99 Å². The summed E-state index contributed by atoms with van der Waals surface area (Å²) in [7, 11) is 3.30. The fourth-order valence-corrected chi connectivity index (χ4v) is 2.38. The van der Waals surface area contributed by atoms with Crippen molar-refractivity contribution in [2.75, 3.05) is 20.7 Å². The minimum atomic E-state index is -0.242. The first-order chi connectivity index (χ1) is 11.9. The van der Waals surface area contributed by atoms with Crippen LogP contribution in [0.25, 0.3) is 0 Å². The smallest absolute Gasteiger partial charge is 0.213 e. The van der Waals surface area contributed by atoms with Gasteiger partial charge in [-0.1, -0.05) is 32.0 Å². The maximum absolute atomic E-state index is 13.5. The number of aromatic nitrogens is 1. The van der Waals surface area contributed by atoms with Crippen molar-refractivity contribution < 1.29 is 9.13 Å². The highest BCUT2D eigenvalue weighted by molar-refractivity contribution is 14.0. The van der Waals surface area contributed by atoms with Crippen LogP contribution in [0.4, 0.5) is 4.39 Å². The number of halogens is 2. The first-order valence-electron chi connectivity index (χ1n) is 8.15. The Kier molecular flexibility index (Phi) is 8.77. The van der Waals surface area contributed by atoms with Crippen molar-refractivity contribution in [3.8, 4) is 5.88 Å². The van der Waals surface area contributed by atoms with Gasteiger partial charge in [0, 0.05) is 25.1 Å². The third-order valence-electron chi connectivity index (χ3n) is 3.95. The first-order valence-corrected chi connectivity index (χ1v) is 8.15. The van der Waals surface area contributed by atoms with E-state index < -0.39 is 0 Å². The summed E-state index contributed by atoms with van der Waals surface area (Å²) in [5.41, 5.74) is 1.55. The van der Waals surface area contributed by atoms with Gasteiger partial charge in [0.05, 0.1) is 19.3 Å². The molecular weight excluding hydrogens is 446 g/mol. The number of ether oxygens (including phenoxy) is 1. The molecule has 2 rings (SSSR count). The number of hydrogen-bond acceptors (Lipinski definition) is 3. The lowest BCUT2D eigenvalue weighted by molar-refractivity contribution is 0.396. The number of nitrogens with zero attached hydrogens (tertiary/aromatic N) is 2. The van der Waals surface area contributed by atoms with E-state index in [9.17, 15) is 4.39 Å². The van der Waals surface area contributed by atoms with E-state index in [-0.39, 0.29) is 35.2 Å². The number of pyridine rings is 1.